The lowest BCUT2D eigenvalue weighted by atomic mass is 10.1. The summed E-state index contributed by atoms with van der Waals surface area (Å²) in [5, 5.41) is 2.92. The maximum Gasteiger partial charge on any atom is 0.434 e. The van der Waals surface area contributed by atoms with Crippen molar-refractivity contribution in [3.8, 4) is 11.5 Å². The van der Waals surface area contributed by atoms with E-state index >= 15 is 0 Å². The lowest BCUT2D eigenvalue weighted by molar-refractivity contribution is -0.140. The van der Waals surface area contributed by atoms with Crippen molar-refractivity contribution < 1.29 is 32.2 Å². The molecule has 0 spiro atoms. The summed E-state index contributed by atoms with van der Waals surface area (Å²) in [6.45, 7) is 2.03. The second-order valence-corrected chi connectivity index (χ2v) is 7.11. The van der Waals surface area contributed by atoms with Crippen molar-refractivity contribution in [2.75, 3.05) is 32.6 Å². The van der Waals surface area contributed by atoms with Crippen molar-refractivity contribution in [1.82, 2.24) is 9.88 Å². The number of alkyl halides is 3. The van der Waals surface area contributed by atoms with Crippen LogP contribution in [-0.4, -0.2) is 49.0 Å². The topological polar surface area (TPSA) is 80.8 Å². The van der Waals surface area contributed by atoms with Gasteiger partial charge in [-0.05, 0) is 31.0 Å². The Morgan fingerprint density at radius 2 is 2.00 bits per heavy atom. The van der Waals surface area contributed by atoms with Crippen LogP contribution in [0.1, 0.15) is 24.6 Å². The molecule has 0 saturated heterocycles. The summed E-state index contributed by atoms with van der Waals surface area (Å²) in [7, 11) is 2.99. The molecule has 2 rings (SSSR count). The zero-order chi connectivity index (χ0) is 22.3. The van der Waals surface area contributed by atoms with E-state index in [0.717, 1.165) is 10.9 Å². The molecule has 7 nitrogen and oxygen atoms in total. The van der Waals surface area contributed by atoms with Gasteiger partial charge < -0.3 is 19.7 Å². The minimum atomic E-state index is -4.57. The van der Waals surface area contributed by atoms with Gasteiger partial charge in [-0.15, -0.1) is 11.3 Å². The van der Waals surface area contributed by atoms with Crippen molar-refractivity contribution in [1.29, 1.82) is 0 Å². The van der Waals surface area contributed by atoms with Crippen LogP contribution in [0.4, 0.5) is 18.3 Å². The number of hydrogen-bond acceptors (Lipinski definition) is 6. The van der Waals surface area contributed by atoms with Crippen molar-refractivity contribution in [2.45, 2.75) is 25.9 Å². The number of likely N-dealkylation sites (N-methyl/N-ethyl adjacent to an activating group) is 1. The molecule has 1 aromatic carbocycles. The first kappa shape index (κ1) is 23.5. The van der Waals surface area contributed by atoms with Crippen molar-refractivity contribution >= 4 is 28.3 Å². The average molecular weight is 445 g/mol. The summed E-state index contributed by atoms with van der Waals surface area (Å²) >= 11 is 0.667. The van der Waals surface area contributed by atoms with Gasteiger partial charge in [0.05, 0.1) is 20.3 Å². The van der Waals surface area contributed by atoms with Gasteiger partial charge in [-0.3, -0.25) is 9.59 Å². The number of carbonyl (C=O) groups is 2. The third-order valence-corrected chi connectivity index (χ3v) is 4.76. The molecule has 0 fully saturated rings. The number of thiazole rings is 1. The maximum absolute atomic E-state index is 12.6. The molecule has 30 heavy (non-hydrogen) atoms. The molecule has 0 atom stereocenters. The van der Waals surface area contributed by atoms with Crippen LogP contribution in [0, 0.1) is 0 Å². The summed E-state index contributed by atoms with van der Waals surface area (Å²) in [6.07, 6.45) is -4.00. The molecule has 11 heteroatoms. The lowest BCUT2D eigenvalue weighted by Gasteiger charge is -2.16. The Morgan fingerprint density at radius 3 is 2.60 bits per heavy atom. The molecule has 1 heterocycles. The highest BCUT2D eigenvalue weighted by Crippen LogP contribution is 2.31. The molecule has 0 aliphatic heterocycles. The van der Waals surface area contributed by atoms with Gasteiger partial charge in [0.1, 0.15) is 0 Å². The molecule has 0 saturated carbocycles. The van der Waals surface area contributed by atoms with Crippen molar-refractivity contribution in [3.63, 3.8) is 0 Å². The molecule has 0 aliphatic carbocycles. The number of nitrogens with zero attached hydrogens (tertiary/aromatic N) is 2. The van der Waals surface area contributed by atoms with Crippen LogP contribution >= 0.6 is 11.3 Å². The Balaban J connectivity index is 1.86. The van der Waals surface area contributed by atoms with E-state index in [0.29, 0.717) is 35.9 Å². The normalized spacial score (nSPS) is 11.1. The Hall–Kier alpha value is -2.82. The second-order valence-electron chi connectivity index (χ2n) is 6.25. The van der Waals surface area contributed by atoms with Gasteiger partial charge in [0.2, 0.25) is 11.8 Å². The fourth-order valence-electron chi connectivity index (χ4n) is 2.51. The van der Waals surface area contributed by atoms with Crippen LogP contribution < -0.4 is 14.8 Å². The first-order chi connectivity index (χ1) is 14.1. The zero-order valence-electron chi connectivity index (χ0n) is 16.7. The monoisotopic (exact) mass is 445 g/mol. The van der Waals surface area contributed by atoms with Crippen LogP contribution in [0.3, 0.4) is 0 Å². The van der Waals surface area contributed by atoms with E-state index < -0.39 is 17.8 Å². The van der Waals surface area contributed by atoms with Gasteiger partial charge >= 0.3 is 6.18 Å². The molecule has 2 amide bonds. The Morgan fingerprint density at radius 1 is 1.27 bits per heavy atom. The summed E-state index contributed by atoms with van der Waals surface area (Å²) in [5.41, 5.74) is -0.203. The molecule has 0 radical (unpaired) electrons. The number of methoxy groups -OCH3 is 1. The summed E-state index contributed by atoms with van der Waals surface area (Å²) < 4.78 is 48.4. The third-order valence-electron chi connectivity index (χ3n) is 4.00. The predicted octanol–water partition coefficient (Wildman–Crippen LogP) is 3.60. The lowest BCUT2D eigenvalue weighted by Crippen LogP contribution is -2.35. The smallest absolute Gasteiger partial charge is 0.434 e. The van der Waals surface area contributed by atoms with Crippen LogP contribution in [0.25, 0.3) is 0 Å². The zero-order valence-corrected chi connectivity index (χ0v) is 17.5. The molecular weight excluding hydrogens is 423 g/mol. The van der Waals surface area contributed by atoms with Crippen LogP contribution in [0.15, 0.2) is 23.6 Å². The molecule has 1 N–H and O–H groups in total. The van der Waals surface area contributed by atoms with Crippen molar-refractivity contribution in [2.24, 2.45) is 0 Å². The predicted molar refractivity (Wildman–Crippen MR) is 106 cm³/mol. The van der Waals surface area contributed by atoms with Crippen LogP contribution in [-0.2, 0) is 22.2 Å². The van der Waals surface area contributed by atoms with Gasteiger partial charge in [0.15, 0.2) is 22.3 Å². The van der Waals surface area contributed by atoms with E-state index in [1.54, 1.807) is 12.1 Å². The number of carbonyl (C=O) groups excluding carboxylic acids is 2. The van der Waals surface area contributed by atoms with E-state index in [4.69, 9.17) is 9.47 Å². The number of halogens is 3. The van der Waals surface area contributed by atoms with E-state index in [1.165, 1.54) is 19.1 Å². The summed E-state index contributed by atoms with van der Waals surface area (Å²) in [6, 6.07) is 5.37. The minimum Gasteiger partial charge on any atom is -0.493 e. The number of amides is 2. The summed E-state index contributed by atoms with van der Waals surface area (Å²) in [5.74, 6) is 0.266. The Labute approximate surface area is 175 Å². The van der Waals surface area contributed by atoms with Gasteiger partial charge in [0.25, 0.3) is 0 Å². The molecule has 0 bridgehead atoms. The van der Waals surface area contributed by atoms with E-state index in [-0.39, 0.29) is 24.0 Å². The first-order valence-electron chi connectivity index (χ1n) is 9.00. The highest BCUT2D eigenvalue weighted by molar-refractivity contribution is 7.13. The second kappa shape index (κ2) is 10.3. The minimum absolute atomic E-state index is 0.150. The molecule has 1 aromatic heterocycles. The number of benzene rings is 1. The van der Waals surface area contributed by atoms with Gasteiger partial charge in [-0.2, -0.15) is 13.2 Å². The number of aryl methyl sites for hydroxylation is 1. The van der Waals surface area contributed by atoms with E-state index in [2.05, 4.69) is 10.3 Å². The average Bonchev–Trinajstić information content (AvgIpc) is 3.15. The highest BCUT2D eigenvalue weighted by atomic mass is 32.1. The molecule has 2 aromatic rings. The molecule has 0 unspecified atom stereocenters. The first-order valence-corrected chi connectivity index (χ1v) is 9.88. The number of hydrogen-bond donors (Lipinski definition) is 1. The van der Waals surface area contributed by atoms with E-state index in [9.17, 15) is 22.8 Å². The van der Waals surface area contributed by atoms with Gasteiger partial charge in [-0.1, -0.05) is 6.07 Å². The number of rotatable bonds is 9. The van der Waals surface area contributed by atoms with Gasteiger partial charge in [0, 0.05) is 18.8 Å². The highest BCUT2D eigenvalue weighted by Gasteiger charge is 2.34. The van der Waals surface area contributed by atoms with Crippen molar-refractivity contribution in [3.05, 3.63) is 34.8 Å². The molecule has 0 aliphatic rings. The maximum atomic E-state index is 12.6. The van der Waals surface area contributed by atoms with Gasteiger partial charge in [-0.25, -0.2) is 4.98 Å². The van der Waals surface area contributed by atoms with Crippen LogP contribution in [0.5, 0.6) is 11.5 Å². The quantitative estimate of drug-likeness (QED) is 0.638. The summed E-state index contributed by atoms with van der Waals surface area (Å²) in [4.78, 5) is 28.8. The number of nitrogens with one attached hydrogen (secondary N) is 1. The Bertz CT molecular complexity index is 886. The number of anilines is 1. The largest absolute Gasteiger partial charge is 0.493 e. The number of aromatic nitrogens is 1. The van der Waals surface area contributed by atoms with E-state index in [1.807, 2.05) is 13.0 Å². The molecular formula is C19H22F3N3O4S. The fourth-order valence-corrected chi connectivity index (χ4v) is 3.24. The van der Waals surface area contributed by atoms with Crippen LogP contribution in [0.2, 0.25) is 0 Å². The third kappa shape index (κ3) is 6.61. The SMILES string of the molecule is CCOc1cc(CCC(=O)N(C)CC(=O)Nc2nc(C(F)(F)F)cs2)ccc1OC. The standard InChI is InChI=1S/C19H22F3N3O4S/c1-4-29-14-9-12(5-7-13(14)28-3)6-8-17(27)25(2)10-16(26)24-18-23-15(11-30-18)19(20,21)22/h5,7,9,11H,4,6,8,10H2,1-3H3,(H,23,24,26). The number of ether oxygens (including phenoxy) is 2. The molecule has 164 valence electrons. The Kier molecular flexibility index (Phi) is 8.04. The fraction of sp³-hybridized carbons (Fsp3) is 0.421.